The predicted octanol–water partition coefficient (Wildman–Crippen LogP) is 3.84. The number of benzene rings is 1. The summed E-state index contributed by atoms with van der Waals surface area (Å²) in [5.41, 5.74) is 1.70. The summed E-state index contributed by atoms with van der Waals surface area (Å²) in [6, 6.07) is 8.96. The molecule has 2 aromatic rings. The van der Waals surface area contributed by atoms with Crippen LogP contribution < -0.4 is 5.32 Å². The third-order valence-corrected chi connectivity index (χ3v) is 4.14. The molecule has 0 amide bonds. The molecule has 1 N–H and O–H groups in total. The number of pyridine rings is 1. The van der Waals surface area contributed by atoms with Gasteiger partial charge in [-0.3, -0.25) is 4.98 Å². The van der Waals surface area contributed by atoms with Crippen molar-refractivity contribution in [2.75, 3.05) is 5.32 Å². The molecule has 0 bridgehead atoms. The minimum atomic E-state index is 0.490. The lowest BCUT2D eigenvalue weighted by Crippen LogP contribution is -2.24. The van der Waals surface area contributed by atoms with Crippen LogP contribution in [0.1, 0.15) is 26.7 Å². The lowest BCUT2D eigenvalue weighted by Gasteiger charge is -2.22. The molecular weight excluding hydrogens is 208 g/mol. The molecule has 0 spiro atoms. The van der Waals surface area contributed by atoms with E-state index in [-0.39, 0.29) is 0 Å². The van der Waals surface area contributed by atoms with E-state index in [1.807, 2.05) is 12.4 Å². The minimum Gasteiger partial charge on any atom is -0.381 e. The SMILES string of the molecule is CC(Nc1cccc2ccncc12)C1(C)CC1. The maximum Gasteiger partial charge on any atom is 0.0437 e. The van der Waals surface area contributed by atoms with Crippen LogP contribution in [0.5, 0.6) is 0 Å². The number of anilines is 1. The highest BCUT2D eigenvalue weighted by Gasteiger charge is 2.42. The molecular formula is C15H18N2. The van der Waals surface area contributed by atoms with Crippen LogP contribution in [0.4, 0.5) is 5.69 Å². The molecule has 88 valence electrons. The second-order valence-corrected chi connectivity index (χ2v) is 5.42. The Morgan fingerprint density at radius 2 is 2.12 bits per heavy atom. The maximum atomic E-state index is 4.22. The van der Waals surface area contributed by atoms with E-state index < -0.39 is 0 Å². The molecule has 1 aliphatic rings. The summed E-state index contributed by atoms with van der Waals surface area (Å²) in [4.78, 5) is 4.22. The van der Waals surface area contributed by atoms with Crippen molar-refractivity contribution >= 4 is 16.5 Å². The first-order valence-corrected chi connectivity index (χ1v) is 6.28. The molecule has 1 unspecified atom stereocenters. The van der Waals surface area contributed by atoms with Gasteiger partial charge >= 0.3 is 0 Å². The first kappa shape index (κ1) is 10.6. The summed E-state index contributed by atoms with van der Waals surface area (Å²) in [6.07, 6.45) is 6.46. The fraction of sp³-hybridized carbons (Fsp3) is 0.400. The number of nitrogens with zero attached hydrogens (tertiary/aromatic N) is 1. The molecule has 2 heteroatoms. The molecule has 1 fully saturated rings. The first-order chi connectivity index (χ1) is 8.19. The summed E-state index contributed by atoms with van der Waals surface area (Å²) in [5.74, 6) is 0. The van der Waals surface area contributed by atoms with Crippen LogP contribution >= 0.6 is 0 Å². The highest BCUT2D eigenvalue weighted by Crippen LogP contribution is 2.49. The first-order valence-electron chi connectivity index (χ1n) is 6.28. The molecule has 3 rings (SSSR count). The largest absolute Gasteiger partial charge is 0.381 e. The van der Waals surface area contributed by atoms with Gasteiger partial charge in [0.1, 0.15) is 0 Å². The maximum absolute atomic E-state index is 4.22. The molecule has 17 heavy (non-hydrogen) atoms. The van der Waals surface area contributed by atoms with Crippen LogP contribution in [0.15, 0.2) is 36.7 Å². The predicted molar refractivity (Wildman–Crippen MR) is 72.2 cm³/mol. The number of rotatable bonds is 3. The van der Waals surface area contributed by atoms with Crippen LogP contribution in [-0.2, 0) is 0 Å². The number of nitrogens with one attached hydrogen (secondary N) is 1. The van der Waals surface area contributed by atoms with Crippen molar-refractivity contribution in [1.82, 2.24) is 4.98 Å². The minimum absolute atomic E-state index is 0.490. The Kier molecular flexibility index (Phi) is 2.32. The zero-order valence-corrected chi connectivity index (χ0v) is 10.4. The van der Waals surface area contributed by atoms with Gasteiger partial charge in [-0.05, 0) is 42.7 Å². The Morgan fingerprint density at radius 3 is 2.88 bits per heavy atom. The van der Waals surface area contributed by atoms with E-state index in [1.54, 1.807) is 0 Å². The quantitative estimate of drug-likeness (QED) is 0.860. The van der Waals surface area contributed by atoms with Crippen LogP contribution in [0.25, 0.3) is 10.8 Å². The van der Waals surface area contributed by atoms with Crippen molar-refractivity contribution in [1.29, 1.82) is 0 Å². The summed E-state index contributed by atoms with van der Waals surface area (Å²) >= 11 is 0. The van der Waals surface area contributed by atoms with E-state index in [4.69, 9.17) is 0 Å². The molecule has 1 aromatic heterocycles. The highest BCUT2D eigenvalue weighted by molar-refractivity contribution is 5.93. The van der Waals surface area contributed by atoms with Gasteiger partial charge in [-0.2, -0.15) is 0 Å². The smallest absolute Gasteiger partial charge is 0.0437 e. The van der Waals surface area contributed by atoms with Gasteiger partial charge in [-0.15, -0.1) is 0 Å². The van der Waals surface area contributed by atoms with Gasteiger partial charge < -0.3 is 5.32 Å². The van der Waals surface area contributed by atoms with Gasteiger partial charge in [0.25, 0.3) is 0 Å². The summed E-state index contributed by atoms with van der Waals surface area (Å²) < 4.78 is 0. The third kappa shape index (κ3) is 1.88. The van der Waals surface area contributed by atoms with Crippen molar-refractivity contribution in [2.45, 2.75) is 32.7 Å². The summed E-state index contributed by atoms with van der Waals surface area (Å²) in [7, 11) is 0. The number of aromatic nitrogens is 1. The van der Waals surface area contributed by atoms with Crippen LogP contribution in [-0.4, -0.2) is 11.0 Å². The number of fused-ring (bicyclic) bond motifs is 1. The van der Waals surface area contributed by atoms with Crippen molar-refractivity contribution in [2.24, 2.45) is 5.41 Å². The Labute approximate surface area is 102 Å². The zero-order valence-electron chi connectivity index (χ0n) is 10.4. The monoisotopic (exact) mass is 226 g/mol. The Balaban J connectivity index is 1.94. The van der Waals surface area contributed by atoms with Crippen molar-refractivity contribution in [3.8, 4) is 0 Å². The Hall–Kier alpha value is -1.57. The third-order valence-electron chi connectivity index (χ3n) is 4.14. The second kappa shape index (κ2) is 3.73. The number of hydrogen-bond acceptors (Lipinski definition) is 2. The molecule has 2 nitrogen and oxygen atoms in total. The summed E-state index contributed by atoms with van der Waals surface area (Å²) in [6.45, 7) is 4.64. The zero-order chi connectivity index (χ0) is 11.9. The molecule has 1 atom stereocenters. The number of hydrogen-bond donors (Lipinski definition) is 1. The van der Waals surface area contributed by atoms with Crippen LogP contribution in [0.2, 0.25) is 0 Å². The van der Waals surface area contributed by atoms with E-state index in [0.717, 1.165) is 0 Å². The molecule has 1 aliphatic carbocycles. The van der Waals surface area contributed by atoms with Gasteiger partial charge in [0.2, 0.25) is 0 Å². The highest BCUT2D eigenvalue weighted by atomic mass is 14.9. The van der Waals surface area contributed by atoms with Gasteiger partial charge in [0, 0.05) is 29.5 Å². The normalized spacial score (nSPS) is 18.9. The van der Waals surface area contributed by atoms with Crippen molar-refractivity contribution < 1.29 is 0 Å². The van der Waals surface area contributed by atoms with E-state index in [0.29, 0.717) is 11.5 Å². The standard InChI is InChI=1S/C15H18N2/c1-11(15(2)7-8-15)17-14-5-3-4-12-6-9-16-10-13(12)14/h3-6,9-11,17H,7-8H2,1-2H3. The average Bonchev–Trinajstić information content (AvgIpc) is 3.09. The lowest BCUT2D eigenvalue weighted by molar-refractivity contribution is 0.494. The molecule has 1 heterocycles. The fourth-order valence-electron chi connectivity index (χ4n) is 2.28. The van der Waals surface area contributed by atoms with E-state index >= 15 is 0 Å². The second-order valence-electron chi connectivity index (χ2n) is 5.42. The van der Waals surface area contributed by atoms with E-state index in [1.165, 1.54) is 29.3 Å². The molecule has 1 saturated carbocycles. The van der Waals surface area contributed by atoms with Gasteiger partial charge in [-0.25, -0.2) is 0 Å². The Bertz CT molecular complexity index is 538. The lowest BCUT2D eigenvalue weighted by atomic mass is 10.00. The summed E-state index contributed by atoms with van der Waals surface area (Å²) in [5, 5.41) is 6.11. The van der Waals surface area contributed by atoms with Gasteiger partial charge in [0.15, 0.2) is 0 Å². The van der Waals surface area contributed by atoms with Gasteiger partial charge in [0.05, 0.1) is 0 Å². The molecule has 0 aliphatic heterocycles. The van der Waals surface area contributed by atoms with Crippen LogP contribution in [0, 0.1) is 5.41 Å². The van der Waals surface area contributed by atoms with Crippen molar-refractivity contribution in [3.63, 3.8) is 0 Å². The van der Waals surface area contributed by atoms with E-state index in [2.05, 4.69) is 48.4 Å². The van der Waals surface area contributed by atoms with Gasteiger partial charge in [-0.1, -0.05) is 19.1 Å². The topological polar surface area (TPSA) is 24.9 Å². The fourth-order valence-corrected chi connectivity index (χ4v) is 2.28. The molecule has 0 saturated heterocycles. The molecule has 0 radical (unpaired) electrons. The van der Waals surface area contributed by atoms with Crippen LogP contribution in [0.3, 0.4) is 0 Å². The van der Waals surface area contributed by atoms with E-state index in [9.17, 15) is 0 Å². The average molecular weight is 226 g/mol. The Morgan fingerprint density at radius 1 is 1.29 bits per heavy atom. The van der Waals surface area contributed by atoms with Crippen molar-refractivity contribution in [3.05, 3.63) is 36.7 Å². The molecule has 1 aromatic carbocycles.